The van der Waals surface area contributed by atoms with Crippen LogP contribution < -0.4 is 0 Å². The molecule has 1 aromatic carbocycles. The van der Waals surface area contributed by atoms with E-state index in [0.717, 1.165) is 6.07 Å². The van der Waals surface area contributed by atoms with E-state index in [-0.39, 0.29) is 17.7 Å². The summed E-state index contributed by atoms with van der Waals surface area (Å²) >= 11 is 0. The molecule has 7 nitrogen and oxygen atoms in total. The zero-order valence-corrected chi connectivity index (χ0v) is 10.3. The van der Waals surface area contributed by atoms with Crippen LogP contribution in [0.5, 0.6) is 0 Å². The van der Waals surface area contributed by atoms with Crippen LogP contribution in [0.25, 0.3) is 0 Å². The Balaban J connectivity index is 2.59. The Morgan fingerprint density at radius 1 is 1.56 bits per heavy atom. The molecule has 0 amide bonds. The van der Waals surface area contributed by atoms with Crippen LogP contribution in [-0.2, 0) is 21.3 Å². The van der Waals surface area contributed by atoms with Crippen LogP contribution in [0, 0.1) is 10.1 Å². The third kappa shape index (κ3) is 2.50. The van der Waals surface area contributed by atoms with Gasteiger partial charge in [0.2, 0.25) is 0 Å². The third-order valence-corrected chi connectivity index (χ3v) is 3.71. The van der Waals surface area contributed by atoms with Crippen molar-refractivity contribution in [2.45, 2.75) is 23.8 Å². The van der Waals surface area contributed by atoms with Crippen LogP contribution >= 0.6 is 0 Å². The minimum atomic E-state index is -4.49. The van der Waals surface area contributed by atoms with Crippen LogP contribution in [0.3, 0.4) is 0 Å². The first kappa shape index (κ1) is 12.9. The van der Waals surface area contributed by atoms with E-state index >= 15 is 0 Å². The Bertz CT molecular complexity index is 605. The van der Waals surface area contributed by atoms with E-state index in [1.54, 1.807) is 6.92 Å². The van der Waals surface area contributed by atoms with E-state index in [9.17, 15) is 18.5 Å². The molecule has 1 atom stereocenters. The highest BCUT2D eigenvalue weighted by Crippen LogP contribution is 2.36. The second-order valence-electron chi connectivity index (χ2n) is 4.40. The van der Waals surface area contributed by atoms with Crippen LogP contribution in [0.2, 0.25) is 0 Å². The highest BCUT2D eigenvalue weighted by atomic mass is 32.2. The lowest BCUT2D eigenvalue weighted by Gasteiger charge is -2.09. The molecule has 1 aromatic rings. The van der Waals surface area contributed by atoms with Crippen LogP contribution in [0.15, 0.2) is 23.1 Å². The first-order chi connectivity index (χ1) is 8.23. The lowest BCUT2D eigenvalue weighted by atomic mass is 10.0. The zero-order chi connectivity index (χ0) is 13.6. The van der Waals surface area contributed by atoms with Crippen molar-refractivity contribution in [3.05, 3.63) is 33.9 Å². The quantitative estimate of drug-likeness (QED) is 0.381. The number of hydrogen-bond donors (Lipinski definition) is 1. The first-order valence-electron chi connectivity index (χ1n) is 5.11. The Hall–Kier alpha value is -1.51. The SMILES string of the molecule is CC1(Cc2c([N+](=O)[O-])cccc2S(=O)(=O)O)CO1. The third-order valence-electron chi connectivity index (χ3n) is 2.77. The van der Waals surface area contributed by atoms with Gasteiger partial charge in [0.15, 0.2) is 0 Å². The topological polar surface area (TPSA) is 110 Å². The summed E-state index contributed by atoms with van der Waals surface area (Å²) < 4.78 is 36.7. The van der Waals surface area contributed by atoms with Gasteiger partial charge >= 0.3 is 0 Å². The number of hydrogen-bond acceptors (Lipinski definition) is 5. The molecule has 1 aliphatic rings. The standard InChI is InChI=1S/C10H11NO6S/c1-10(6-17-10)5-7-8(11(12)13)3-2-4-9(7)18(14,15)16/h2-4H,5-6H2,1H3,(H,14,15,16). The van der Waals surface area contributed by atoms with Gasteiger partial charge in [0.05, 0.1) is 22.7 Å². The Kier molecular flexibility index (Phi) is 2.88. The van der Waals surface area contributed by atoms with Gasteiger partial charge in [-0.15, -0.1) is 0 Å². The lowest BCUT2D eigenvalue weighted by Crippen LogP contribution is -2.14. The van der Waals surface area contributed by atoms with Gasteiger partial charge in [-0.2, -0.15) is 8.42 Å². The number of benzene rings is 1. The molecule has 0 aliphatic carbocycles. The predicted octanol–water partition coefficient (Wildman–Crippen LogP) is 1.17. The van der Waals surface area contributed by atoms with Crippen LogP contribution in [0.4, 0.5) is 5.69 Å². The number of nitro groups is 1. The van der Waals surface area contributed by atoms with Crippen molar-refractivity contribution >= 4 is 15.8 Å². The molecule has 2 rings (SSSR count). The second-order valence-corrected chi connectivity index (χ2v) is 5.79. The molecule has 1 aliphatic heterocycles. The molecule has 1 saturated heterocycles. The molecule has 98 valence electrons. The summed E-state index contributed by atoms with van der Waals surface area (Å²) in [6, 6.07) is 3.57. The highest BCUT2D eigenvalue weighted by molar-refractivity contribution is 7.85. The summed E-state index contributed by atoms with van der Waals surface area (Å²) in [5.74, 6) is 0. The minimum absolute atomic E-state index is 0.0231. The normalized spacial score (nSPS) is 22.8. The molecule has 0 aromatic heterocycles. The maximum absolute atomic E-state index is 11.2. The largest absolute Gasteiger partial charge is 0.370 e. The zero-order valence-electron chi connectivity index (χ0n) is 9.49. The maximum Gasteiger partial charge on any atom is 0.295 e. The first-order valence-corrected chi connectivity index (χ1v) is 6.55. The van der Waals surface area contributed by atoms with Gasteiger partial charge in [0.1, 0.15) is 4.90 Å². The van der Waals surface area contributed by atoms with Crippen molar-refractivity contribution < 1.29 is 22.6 Å². The lowest BCUT2D eigenvalue weighted by molar-refractivity contribution is -0.385. The molecule has 0 radical (unpaired) electrons. The molecule has 0 bridgehead atoms. The van der Waals surface area contributed by atoms with Crippen molar-refractivity contribution in [3.63, 3.8) is 0 Å². The smallest absolute Gasteiger partial charge is 0.295 e. The second kappa shape index (κ2) is 4.01. The van der Waals surface area contributed by atoms with E-state index in [4.69, 9.17) is 9.29 Å². The Morgan fingerprint density at radius 2 is 2.17 bits per heavy atom. The van der Waals surface area contributed by atoms with Gasteiger partial charge in [0.25, 0.3) is 15.8 Å². The molecule has 0 saturated carbocycles. The summed E-state index contributed by atoms with van der Waals surface area (Å²) in [6.45, 7) is 2.13. The molecule has 18 heavy (non-hydrogen) atoms. The van der Waals surface area contributed by atoms with Gasteiger partial charge in [-0.25, -0.2) is 0 Å². The van der Waals surface area contributed by atoms with Gasteiger partial charge in [-0.3, -0.25) is 14.7 Å². The minimum Gasteiger partial charge on any atom is -0.370 e. The van der Waals surface area contributed by atoms with E-state index in [2.05, 4.69) is 0 Å². The van der Waals surface area contributed by atoms with Gasteiger partial charge in [-0.05, 0) is 13.0 Å². The molecule has 1 fully saturated rings. The molecular formula is C10H11NO6S. The summed E-state index contributed by atoms with van der Waals surface area (Å²) in [5, 5.41) is 10.9. The summed E-state index contributed by atoms with van der Waals surface area (Å²) in [5.41, 5.74) is -0.946. The van der Waals surface area contributed by atoms with Gasteiger partial charge < -0.3 is 4.74 Å². The Labute approximate surface area is 103 Å². The summed E-state index contributed by atoms with van der Waals surface area (Å²) in [6.07, 6.45) is 0.0687. The highest BCUT2D eigenvalue weighted by Gasteiger charge is 2.42. The molecule has 1 heterocycles. The van der Waals surface area contributed by atoms with Gasteiger partial charge in [-0.1, -0.05) is 6.07 Å². The van der Waals surface area contributed by atoms with E-state index in [1.165, 1.54) is 12.1 Å². The van der Waals surface area contributed by atoms with E-state index in [0.29, 0.717) is 6.61 Å². The number of epoxide rings is 1. The molecule has 8 heteroatoms. The molecule has 1 N–H and O–H groups in total. The van der Waals surface area contributed by atoms with Crippen molar-refractivity contribution in [2.75, 3.05) is 6.61 Å². The number of ether oxygens (including phenoxy) is 1. The van der Waals surface area contributed by atoms with Gasteiger partial charge in [0, 0.05) is 12.5 Å². The summed E-state index contributed by atoms with van der Waals surface area (Å²) in [7, 11) is -4.49. The molecule has 0 spiro atoms. The summed E-state index contributed by atoms with van der Waals surface area (Å²) in [4.78, 5) is 9.79. The number of nitro benzene ring substituents is 1. The fraction of sp³-hybridized carbons (Fsp3) is 0.400. The van der Waals surface area contributed by atoms with Crippen LogP contribution in [0.1, 0.15) is 12.5 Å². The van der Waals surface area contributed by atoms with Crippen molar-refractivity contribution in [2.24, 2.45) is 0 Å². The number of rotatable bonds is 4. The fourth-order valence-corrected chi connectivity index (χ4v) is 2.48. The van der Waals surface area contributed by atoms with Crippen molar-refractivity contribution in [1.82, 2.24) is 0 Å². The predicted molar refractivity (Wildman–Crippen MR) is 61.0 cm³/mol. The fourth-order valence-electron chi connectivity index (χ4n) is 1.74. The Morgan fingerprint density at radius 3 is 2.61 bits per heavy atom. The average Bonchev–Trinajstić information content (AvgIpc) is 2.94. The van der Waals surface area contributed by atoms with E-state index in [1.807, 2.05) is 0 Å². The average molecular weight is 273 g/mol. The monoisotopic (exact) mass is 273 g/mol. The molecular weight excluding hydrogens is 262 g/mol. The molecule has 1 unspecified atom stereocenters. The van der Waals surface area contributed by atoms with Crippen molar-refractivity contribution in [1.29, 1.82) is 0 Å². The van der Waals surface area contributed by atoms with E-state index < -0.39 is 25.5 Å². The number of nitrogens with zero attached hydrogens (tertiary/aromatic N) is 1. The van der Waals surface area contributed by atoms with Crippen molar-refractivity contribution in [3.8, 4) is 0 Å². The maximum atomic E-state index is 11.2. The van der Waals surface area contributed by atoms with Crippen LogP contribution in [-0.4, -0.2) is 30.1 Å².